The number of benzene rings is 1. The van der Waals surface area contributed by atoms with Crippen LogP contribution in [0.5, 0.6) is 5.75 Å². The summed E-state index contributed by atoms with van der Waals surface area (Å²) < 4.78 is 18.8. The highest BCUT2D eigenvalue weighted by Crippen LogP contribution is 2.25. The van der Waals surface area contributed by atoms with Gasteiger partial charge in [-0.1, -0.05) is 12.1 Å². The Balaban J connectivity index is 2.36. The fourth-order valence-corrected chi connectivity index (χ4v) is 1.92. The van der Waals surface area contributed by atoms with Gasteiger partial charge in [-0.25, -0.2) is 4.39 Å². The zero-order chi connectivity index (χ0) is 13.0. The third-order valence-corrected chi connectivity index (χ3v) is 2.85. The Kier molecular flexibility index (Phi) is 3.89. The van der Waals surface area contributed by atoms with Crippen molar-refractivity contribution in [2.75, 3.05) is 14.2 Å². The number of rotatable bonds is 4. The predicted octanol–water partition coefficient (Wildman–Crippen LogP) is 2.54. The second kappa shape index (κ2) is 5.60. The molecular formula is C14H15FN2O. The summed E-state index contributed by atoms with van der Waals surface area (Å²) in [5, 5.41) is 3.10. The average molecular weight is 246 g/mol. The lowest BCUT2D eigenvalue weighted by atomic mass is 9.99. The van der Waals surface area contributed by atoms with Crippen molar-refractivity contribution < 1.29 is 9.13 Å². The van der Waals surface area contributed by atoms with Crippen LogP contribution in [-0.4, -0.2) is 19.1 Å². The molecule has 2 aromatic rings. The van der Waals surface area contributed by atoms with E-state index in [-0.39, 0.29) is 11.9 Å². The number of hydrogen-bond donors (Lipinski definition) is 1. The molecule has 2 rings (SSSR count). The van der Waals surface area contributed by atoms with Gasteiger partial charge in [0.05, 0.1) is 19.3 Å². The van der Waals surface area contributed by atoms with Gasteiger partial charge in [-0.15, -0.1) is 0 Å². The summed E-state index contributed by atoms with van der Waals surface area (Å²) in [5.41, 5.74) is 1.56. The molecule has 18 heavy (non-hydrogen) atoms. The standard InChI is InChI=1S/C14H15FN2O/c1-16-14(12-7-8-17-9-13(12)15)10-3-5-11(18-2)6-4-10/h3-9,14,16H,1-2H3. The molecule has 0 aliphatic heterocycles. The van der Waals surface area contributed by atoms with E-state index in [1.54, 1.807) is 26.4 Å². The molecule has 3 nitrogen and oxygen atoms in total. The zero-order valence-corrected chi connectivity index (χ0v) is 10.4. The molecule has 0 spiro atoms. The van der Waals surface area contributed by atoms with E-state index in [0.717, 1.165) is 11.3 Å². The minimum atomic E-state index is -0.312. The third-order valence-electron chi connectivity index (χ3n) is 2.85. The van der Waals surface area contributed by atoms with Crippen LogP contribution < -0.4 is 10.1 Å². The molecule has 94 valence electrons. The maximum Gasteiger partial charge on any atom is 0.146 e. The Morgan fingerprint density at radius 1 is 1.22 bits per heavy atom. The predicted molar refractivity (Wildman–Crippen MR) is 68.1 cm³/mol. The first-order valence-electron chi connectivity index (χ1n) is 5.67. The van der Waals surface area contributed by atoms with Crippen molar-refractivity contribution in [1.29, 1.82) is 0 Å². The zero-order valence-electron chi connectivity index (χ0n) is 10.4. The maximum atomic E-state index is 13.7. The normalized spacial score (nSPS) is 12.2. The summed E-state index contributed by atoms with van der Waals surface area (Å²) in [6.45, 7) is 0. The highest BCUT2D eigenvalue weighted by Gasteiger charge is 2.15. The quantitative estimate of drug-likeness (QED) is 0.900. The van der Waals surface area contributed by atoms with E-state index in [9.17, 15) is 4.39 Å². The molecule has 0 aliphatic carbocycles. The maximum absolute atomic E-state index is 13.7. The summed E-state index contributed by atoms with van der Waals surface area (Å²) in [6.07, 6.45) is 2.81. The van der Waals surface area contributed by atoms with Gasteiger partial charge in [-0.3, -0.25) is 4.98 Å². The van der Waals surface area contributed by atoms with Gasteiger partial charge in [0.1, 0.15) is 11.6 Å². The lowest BCUT2D eigenvalue weighted by Gasteiger charge is -2.17. The molecular weight excluding hydrogens is 231 g/mol. The van der Waals surface area contributed by atoms with Crippen LogP contribution in [0, 0.1) is 5.82 Å². The fraction of sp³-hybridized carbons (Fsp3) is 0.214. The van der Waals surface area contributed by atoms with Gasteiger partial charge in [0.25, 0.3) is 0 Å². The molecule has 1 unspecified atom stereocenters. The van der Waals surface area contributed by atoms with E-state index in [4.69, 9.17) is 4.74 Å². The Labute approximate surface area is 106 Å². The summed E-state index contributed by atoms with van der Waals surface area (Å²) in [6, 6.07) is 9.04. The molecule has 0 amide bonds. The molecule has 1 heterocycles. The van der Waals surface area contributed by atoms with Crippen LogP contribution in [-0.2, 0) is 0 Å². The van der Waals surface area contributed by atoms with Gasteiger partial charge in [0.15, 0.2) is 0 Å². The van der Waals surface area contributed by atoms with E-state index in [1.807, 2.05) is 24.3 Å². The molecule has 1 aromatic carbocycles. The van der Waals surface area contributed by atoms with Gasteiger partial charge in [0, 0.05) is 11.8 Å². The van der Waals surface area contributed by atoms with E-state index in [0.29, 0.717) is 5.56 Å². The van der Waals surface area contributed by atoms with E-state index >= 15 is 0 Å². The van der Waals surface area contributed by atoms with Gasteiger partial charge in [-0.2, -0.15) is 0 Å². The summed E-state index contributed by atoms with van der Waals surface area (Å²) in [4.78, 5) is 3.76. The minimum Gasteiger partial charge on any atom is -0.497 e. The molecule has 0 fully saturated rings. The van der Waals surface area contributed by atoms with Crippen LogP contribution >= 0.6 is 0 Å². The Morgan fingerprint density at radius 2 is 1.94 bits per heavy atom. The van der Waals surface area contributed by atoms with E-state index in [2.05, 4.69) is 10.3 Å². The summed E-state index contributed by atoms with van der Waals surface area (Å²) in [5.74, 6) is 0.469. The van der Waals surface area contributed by atoms with Crippen molar-refractivity contribution >= 4 is 0 Å². The van der Waals surface area contributed by atoms with Crippen LogP contribution in [0.15, 0.2) is 42.7 Å². The third kappa shape index (κ3) is 2.49. The molecule has 0 aliphatic rings. The van der Waals surface area contributed by atoms with Crippen LogP contribution in [0.4, 0.5) is 4.39 Å². The fourth-order valence-electron chi connectivity index (χ4n) is 1.92. The second-order valence-electron chi connectivity index (χ2n) is 3.89. The van der Waals surface area contributed by atoms with Crippen molar-refractivity contribution in [2.45, 2.75) is 6.04 Å². The van der Waals surface area contributed by atoms with Gasteiger partial charge in [0.2, 0.25) is 0 Å². The lowest BCUT2D eigenvalue weighted by Crippen LogP contribution is -2.19. The van der Waals surface area contributed by atoms with Crippen LogP contribution in [0.3, 0.4) is 0 Å². The summed E-state index contributed by atoms with van der Waals surface area (Å²) in [7, 11) is 3.42. The SMILES string of the molecule is CNC(c1ccc(OC)cc1)c1ccncc1F. The first-order chi connectivity index (χ1) is 8.76. The number of halogens is 1. The summed E-state index contributed by atoms with van der Waals surface area (Å²) >= 11 is 0. The van der Waals surface area contributed by atoms with Crippen LogP contribution in [0.1, 0.15) is 17.2 Å². The van der Waals surface area contributed by atoms with Gasteiger partial charge < -0.3 is 10.1 Å². The number of pyridine rings is 1. The molecule has 0 bridgehead atoms. The number of methoxy groups -OCH3 is 1. The minimum absolute atomic E-state index is 0.195. The molecule has 1 N–H and O–H groups in total. The lowest BCUT2D eigenvalue weighted by molar-refractivity contribution is 0.414. The number of nitrogens with zero attached hydrogens (tertiary/aromatic N) is 1. The first-order valence-corrected chi connectivity index (χ1v) is 5.67. The second-order valence-corrected chi connectivity index (χ2v) is 3.89. The molecule has 0 saturated heterocycles. The van der Waals surface area contributed by atoms with Crippen molar-refractivity contribution in [3.63, 3.8) is 0 Å². The van der Waals surface area contributed by atoms with Crippen molar-refractivity contribution in [2.24, 2.45) is 0 Å². The number of nitrogens with one attached hydrogen (secondary N) is 1. The average Bonchev–Trinajstić information content (AvgIpc) is 2.42. The Bertz CT molecular complexity index is 513. The number of hydrogen-bond acceptors (Lipinski definition) is 3. The highest BCUT2D eigenvalue weighted by atomic mass is 19.1. The van der Waals surface area contributed by atoms with Crippen molar-refractivity contribution in [3.8, 4) is 5.75 Å². The molecule has 0 radical (unpaired) electrons. The van der Waals surface area contributed by atoms with Crippen LogP contribution in [0.25, 0.3) is 0 Å². The highest BCUT2D eigenvalue weighted by molar-refractivity contribution is 5.35. The van der Waals surface area contributed by atoms with Gasteiger partial charge >= 0.3 is 0 Å². The van der Waals surface area contributed by atoms with Crippen molar-refractivity contribution in [1.82, 2.24) is 10.3 Å². The molecule has 0 saturated carbocycles. The monoisotopic (exact) mass is 246 g/mol. The smallest absolute Gasteiger partial charge is 0.146 e. The molecule has 1 atom stereocenters. The Hall–Kier alpha value is -1.94. The van der Waals surface area contributed by atoms with Crippen molar-refractivity contribution in [3.05, 3.63) is 59.7 Å². The largest absolute Gasteiger partial charge is 0.497 e. The number of ether oxygens (including phenoxy) is 1. The topological polar surface area (TPSA) is 34.1 Å². The van der Waals surface area contributed by atoms with E-state index in [1.165, 1.54) is 6.20 Å². The van der Waals surface area contributed by atoms with Crippen LogP contribution in [0.2, 0.25) is 0 Å². The first kappa shape index (κ1) is 12.5. The molecule has 1 aromatic heterocycles. The van der Waals surface area contributed by atoms with Gasteiger partial charge in [-0.05, 0) is 30.8 Å². The number of aromatic nitrogens is 1. The van der Waals surface area contributed by atoms with E-state index < -0.39 is 0 Å². The Morgan fingerprint density at radius 3 is 2.50 bits per heavy atom. The molecule has 4 heteroatoms.